The summed E-state index contributed by atoms with van der Waals surface area (Å²) in [5, 5.41) is 22.6. The first-order valence-corrected chi connectivity index (χ1v) is 11.0. The summed E-state index contributed by atoms with van der Waals surface area (Å²) in [4.78, 5) is 9.58. The highest BCUT2D eigenvalue weighted by molar-refractivity contribution is 5.76. The van der Waals surface area contributed by atoms with Crippen molar-refractivity contribution in [2.75, 3.05) is 5.32 Å². The Labute approximate surface area is 187 Å². The van der Waals surface area contributed by atoms with Crippen LogP contribution in [-0.4, -0.2) is 46.8 Å². The van der Waals surface area contributed by atoms with Crippen LogP contribution in [0.25, 0.3) is 33.6 Å². The van der Waals surface area contributed by atoms with Crippen LogP contribution in [0, 0.1) is 0 Å². The molecule has 0 saturated heterocycles. The molecule has 1 aliphatic rings. The number of aryl methyl sites for hydroxylation is 2. The van der Waals surface area contributed by atoms with E-state index >= 15 is 0 Å². The Hall–Kier alpha value is -3.52. The fourth-order valence-electron chi connectivity index (χ4n) is 4.27. The molecule has 8 heteroatoms. The van der Waals surface area contributed by atoms with E-state index in [1.165, 1.54) is 0 Å². The van der Waals surface area contributed by atoms with E-state index in [0.717, 1.165) is 59.3 Å². The molecule has 0 spiro atoms. The smallest absolute Gasteiger partial charge is 0.161 e. The van der Waals surface area contributed by atoms with Gasteiger partial charge in [0.15, 0.2) is 5.82 Å². The molecule has 8 nitrogen and oxygen atoms in total. The van der Waals surface area contributed by atoms with Gasteiger partial charge >= 0.3 is 0 Å². The van der Waals surface area contributed by atoms with Gasteiger partial charge in [0.1, 0.15) is 5.82 Å². The molecular weight excluding hydrogens is 402 g/mol. The minimum Gasteiger partial charge on any atom is -0.391 e. The standard InChI is InChI=1S/C24H27N7O/c1-30-14-18(11-26-30)16-6-5-7-17(10-16)23-25-13-20(19-12-27-31(2)15-19)24(29-23)28-21-8-3-4-9-22(21)32/h5-7,10-15,21-22,32H,3-4,8-9H2,1-2H3,(H,25,28,29). The maximum atomic E-state index is 10.5. The van der Waals surface area contributed by atoms with Gasteiger partial charge < -0.3 is 10.4 Å². The summed E-state index contributed by atoms with van der Waals surface area (Å²) in [6, 6.07) is 8.13. The lowest BCUT2D eigenvalue weighted by molar-refractivity contribution is 0.116. The van der Waals surface area contributed by atoms with E-state index in [1.54, 1.807) is 9.36 Å². The first-order chi connectivity index (χ1) is 15.6. The Bertz CT molecular complexity index is 1230. The van der Waals surface area contributed by atoms with Crippen LogP contribution in [0.15, 0.2) is 55.2 Å². The third kappa shape index (κ3) is 4.13. The number of benzene rings is 1. The highest BCUT2D eigenvalue weighted by Crippen LogP contribution is 2.31. The molecule has 4 aromatic rings. The van der Waals surface area contributed by atoms with E-state index < -0.39 is 0 Å². The molecule has 1 aliphatic carbocycles. The number of nitrogens with zero attached hydrogens (tertiary/aromatic N) is 6. The van der Waals surface area contributed by atoms with E-state index in [2.05, 4.69) is 32.6 Å². The molecule has 3 heterocycles. The lowest BCUT2D eigenvalue weighted by atomic mass is 9.92. The van der Waals surface area contributed by atoms with Crippen molar-refractivity contribution in [3.8, 4) is 33.6 Å². The summed E-state index contributed by atoms with van der Waals surface area (Å²) in [7, 11) is 3.80. The number of aliphatic hydroxyl groups excluding tert-OH is 1. The zero-order valence-corrected chi connectivity index (χ0v) is 18.3. The summed E-state index contributed by atoms with van der Waals surface area (Å²) in [6.45, 7) is 0. The fraction of sp³-hybridized carbons (Fsp3) is 0.333. The first-order valence-electron chi connectivity index (χ1n) is 11.0. The molecule has 2 N–H and O–H groups in total. The zero-order chi connectivity index (χ0) is 22.1. The molecule has 164 valence electrons. The zero-order valence-electron chi connectivity index (χ0n) is 18.3. The van der Waals surface area contributed by atoms with Crippen molar-refractivity contribution in [1.82, 2.24) is 29.5 Å². The van der Waals surface area contributed by atoms with Crippen molar-refractivity contribution in [2.24, 2.45) is 14.1 Å². The Morgan fingerprint density at radius 3 is 2.34 bits per heavy atom. The molecule has 0 aliphatic heterocycles. The van der Waals surface area contributed by atoms with Gasteiger partial charge in [-0.3, -0.25) is 9.36 Å². The van der Waals surface area contributed by atoms with E-state index in [-0.39, 0.29) is 12.1 Å². The van der Waals surface area contributed by atoms with Crippen molar-refractivity contribution >= 4 is 5.82 Å². The molecule has 1 fully saturated rings. The van der Waals surface area contributed by atoms with Gasteiger partial charge in [0.2, 0.25) is 0 Å². The van der Waals surface area contributed by atoms with Gasteiger partial charge in [-0.15, -0.1) is 0 Å². The van der Waals surface area contributed by atoms with Crippen LogP contribution >= 0.6 is 0 Å². The highest BCUT2D eigenvalue weighted by Gasteiger charge is 2.25. The topological polar surface area (TPSA) is 93.7 Å². The van der Waals surface area contributed by atoms with Crippen LogP contribution in [0.4, 0.5) is 5.82 Å². The van der Waals surface area contributed by atoms with Gasteiger partial charge in [-0.05, 0) is 24.5 Å². The minimum atomic E-state index is -0.377. The number of hydrogen-bond donors (Lipinski definition) is 2. The maximum Gasteiger partial charge on any atom is 0.161 e. The van der Waals surface area contributed by atoms with Gasteiger partial charge in [0.05, 0.1) is 24.5 Å². The number of aromatic nitrogens is 6. The Morgan fingerprint density at radius 2 is 1.62 bits per heavy atom. The van der Waals surface area contributed by atoms with Crippen LogP contribution in [0.1, 0.15) is 25.7 Å². The van der Waals surface area contributed by atoms with Crippen LogP contribution in [-0.2, 0) is 14.1 Å². The largest absolute Gasteiger partial charge is 0.391 e. The SMILES string of the molecule is Cn1cc(-c2cccc(-c3ncc(-c4cnn(C)c4)c(NC4CCCCC4O)n3)c2)cn1. The van der Waals surface area contributed by atoms with Crippen molar-refractivity contribution in [3.63, 3.8) is 0 Å². The average Bonchev–Trinajstić information content (AvgIpc) is 3.44. The molecule has 1 saturated carbocycles. The molecular formula is C24H27N7O. The summed E-state index contributed by atoms with van der Waals surface area (Å²) in [5.41, 5.74) is 4.85. The van der Waals surface area contributed by atoms with Crippen molar-refractivity contribution in [2.45, 2.75) is 37.8 Å². The number of aliphatic hydroxyl groups is 1. The van der Waals surface area contributed by atoms with Crippen LogP contribution in [0.2, 0.25) is 0 Å². The molecule has 2 unspecified atom stereocenters. The maximum absolute atomic E-state index is 10.5. The summed E-state index contributed by atoms with van der Waals surface area (Å²) in [6.07, 6.45) is 13.0. The van der Waals surface area contributed by atoms with Gasteiger partial charge in [-0.25, -0.2) is 9.97 Å². The third-order valence-electron chi connectivity index (χ3n) is 6.02. The van der Waals surface area contributed by atoms with Crippen molar-refractivity contribution < 1.29 is 5.11 Å². The van der Waals surface area contributed by atoms with Crippen LogP contribution in [0.5, 0.6) is 0 Å². The molecule has 0 amide bonds. The average molecular weight is 430 g/mol. The van der Waals surface area contributed by atoms with Crippen molar-refractivity contribution in [3.05, 3.63) is 55.2 Å². The van der Waals surface area contributed by atoms with Crippen LogP contribution < -0.4 is 5.32 Å². The lowest BCUT2D eigenvalue weighted by Crippen LogP contribution is -2.36. The Kier molecular flexibility index (Phi) is 5.45. The second kappa shape index (κ2) is 8.55. The van der Waals surface area contributed by atoms with Crippen molar-refractivity contribution in [1.29, 1.82) is 0 Å². The third-order valence-corrected chi connectivity index (χ3v) is 6.02. The van der Waals surface area contributed by atoms with Gasteiger partial charge in [0.25, 0.3) is 0 Å². The van der Waals surface area contributed by atoms with Gasteiger partial charge in [-0.1, -0.05) is 31.0 Å². The summed E-state index contributed by atoms with van der Waals surface area (Å²) < 4.78 is 3.55. The molecule has 0 bridgehead atoms. The quantitative estimate of drug-likeness (QED) is 0.503. The van der Waals surface area contributed by atoms with E-state index in [4.69, 9.17) is 4.98 Å². The minimum absolute atomic E-state index is 0.0244. The summed E-state index contributed by atoms with van der Waals surface area (Å²) >= 11 is 0. The molecule has 5 rings (SSSR count). The van der Waals surface area contributed by atoms with Crippen LogP contribution in [0.3, 0.4) is 0 Å². The predicted molar refractivity (Wildman–Crippen MR) is 124 cm³/mol. The highest BCUT2D eigenvalue weighted by atomic mass is 16.3. The molecule has 0 radical (unpaired) electrons. The second-order valence-corrected chi connectivity index (χ2v) is 8.44. The lowest BCUT2D eigenvalue weighted by Gasteiger charge is -2.29. The molecule has 3 aromatic heterocycles. The Morgan fingerprint density at radius 1 is 0.906 bits per heavy atom. The Balaban J connectivity index is 1.54. The second-order valence-electron chi connectivity index (χ2n) is 8.44. The summed E-state index contributed by atoms with van der Waals surface area (Å²) in [5.74, 6) is 1.36. The number of hydrogen-bond acceptors (Lipinski definition) is 6. The van der Waals surface area contributed by atoms with Gasteiger partial charge in [-0.2, -0.15) is 10.2 Å². The monoisotopic (exact) mass is 429 g/mol. The molecule has 2 atom stereocenters. The normalized spacial score (nSPS) is 18.6. The van der Waals surface area contributed by atoms with E-state index in [0.29, 0.717) is 5.82 Å². The number of rotatable bonds is 5. The number of nitrogens with one attached hydrogen (secondary N) is 1. The first kappa shape index (κ1) is 20.4. The fourth-order valence-corrected chi connectivity index (χ4v) is 4.27. The molecule has 32 heavy (non-hydrogen) atoms. The van der Waals surface area contributed by atoms with E-state index in [9.17, 15) is 5.11 Å². The van der Waals surface area contributed by atoms with Gasteiger partial charge in [0, 0.05) is 54.9 Å². The number of anilines is 1. The predicted octanol–water partition coefficient (Wildman–Crippen LogP) is 3.66. The van der Waals surface area contributed by atoms with E-state index in [1.807, 2.05) is 57.2 Å². The molecule has 1 aromatic carbocycles.